The molecule has 2 aromatic heterocycles. The zero-order valence-electron chi connectivity index (χ0n) is 48.1. The highest BCUT2D eigenvalue weighted by Gasteiger charge is 2.34. The van der Waals surface area contributed by atoms with E-state index in [2.05, 4.69) is 52.5 Å². The molecule has 1 unspecified atom stereocenters. The number of carbonyl (C=O) groups excluding carboxylic acids is 10. The number of rotatable bonds is 37. The molecule has 0 radical (unpaired) electrons. The first kappa shape index (κ1) is 66.9. The number of fused-ring (bicyclic) bond motifs is 2. The molecule has 0 bridgehead atoms. The van der Waals surface area contributed by atoms with Crippen molar-refractivity contribution in [1.29, 1.82) is 0 Å². The van der Waals surface area contributed by atoms with Crippen molar-refractivity contribution >= 4 is 80.9 Å². The van der Waals surface area contributed by atoms with Crippen molar-refractivity contribution < 1.29 is 53.1 Å². The minimum absolute atomic E-state index is 0.00482. The lowest BCUT2D eigenvalue weighted by Gasteiger charge is -2.27. The van der Waals surface area contributed by atoms with Gasteiger partial charge in [0.05, 0.1) is 13.0 Å². The Hall–Kier alpha value is -8.88. The van der Waals surface area contributed by atoms with E-state index in [9.17, 15) is 53.1 Å². The topological polar surface area (TPSA) is 449 Å². The number of aromatic nitrogens is 2. The molecule has 8 atom stereocenters. The third kappa shape index (κ3) is 21.4. The van der Waals surface area contributed by atoms with Gasteiger partial charge in [0, 0.05) is 59.9 Å². The number of nitrogens with two attached hydrogens (primary N) is 5. The fraction of sp³-hybridized carbons (Fsp3) is 0.458. The zero-order chi connectivity index (χ0) is 62.0. The molecule has 26 heteroatoms. The van der Waals surface area contributed by atoms with Gasteiger partial charge in [0.1, 0.15) is 48.0 Å². The van der Waals surface area contributed by atoms with Gasteiger partial charge in [-0.3, -0.25) is 47.9 Å². The molecule has 21 N–H and O–H groups in total. The summed E-state index contributed by atoms with van der Waals surface area (Å²) >= 11 is 0. The number of carbonyl (C=O) groups is 10. The highest BCUT2D eigenvalue weighted by molar-refractivity contribution is 5.99. The molecule has 3 aromatic carbocycles. The van der Waals surface area contributed by atoms with Crippen molar-refractivity contribution in [2.45, 2.75) is 140 Å². The second-order valence-electron chi connectivity index (χ2n) is 21.2. The molecular weight excluding hydrogens is 1090 g/mol. The van der Waals surface area contributed by atoms with Crippen molar-refractivity contribution in [3.63, 3.8) is 0 Å². The maximum Gasteiger partial charge on any atom is 0.243 e. The van der Waals surface area contributed by atoms with Crippen LogP contribution in [0.1, 0.15) is 94.7 Å². The van der Waals surface area contributed by atoms with Gasteiger partial charge in [-0.25, -0.2) is 0 Å². The van der Waals surface area contributed by atoms with Crippen LogP contribution in [0.3, 0.4) is 0 Å². The SMILES string of the molecule is CCC(C)CCC(=O)N[C@H](CC(N)=O)C(=O)N[C@H](Cc1ccc(O)cc1)C(=O)N[C@H](Cc1c[nH]c2ccccc12)C(=O)N[C@H](CCCN)C(=O)N[C@@H](CCCN)C(=O)NCC(=O)N[C@H](CCCN)C(=O)N[C@@H](Cc1c[nH]c2ccccc12)C(N)=O. The van der Waals surface area contributed by atoms with Crippen LogP contribution in [-0.2, 0) is 67.2 Å². The largest absolute Gasteiger partial charge is 0.508 e. The van der Waals surface area contributed by atoms with Crippen molar-refractivity contribution in [3.05, 3.63) is 102 Å². The van der Waals surface area contributed by atoms with Gasteiger partial charge in [-0.05, 0) is 111 Å². The molecule has 0 aliphatic heterocycles. The first-order chi connectivity index (χ1) is 40.7. The van der Waals surface area contributed by atoms with Crippen LogP contribution in [0.4, 0.5) is 0 Å². The number of aromatic hydroxyl groups is 1. The van der Waals surface area contributed by atoms with Crippen molar-refractivity contribution in [3.8, 4) is 5.75 Å². The lowest BCUT2D eigenvalue weighted by molar-refractivity contribution is -0.135. The summed E-state index contributed by atoms with van der Waals surface area (Å²) < 4.78 is 0. The van der Waals surface area contributed by atoms with Crippen molar-refractivity contribution in [2.75, 3.05) is 26.2 Å². The van der Waals surface area contributed by atoms with E-state index in [1.54, 1.807) is 24.5 Å². The van der Waals surface area contributed by atoms with Crippen molar-refractivity contribution in [1.82, 2.24) is 52.5 Å². The number of primary amides is 2. The number of para-hydroxylation sites is 2. The predicted molar refractivity (Wildman–Crippen MR) is 319 cm³/mol. The van der Waals surface area contributed by atoms with Gasteiger partial charge in [-0.15, -0.1) is 0 Å². The maximum absolute atomic E-state index is 14.8. The van der Waals surface area contributed by atoms with Crippen LogP contribution in [0.5, 0.6) is 5.75 Å². The summed E-state index contributed by atoms with van der Waals surface area (Å²) in [5, 5.41) is 32.7. The minimum Gasteiger partial charge on any atom is -0.508 e. The Kier molecular flexibility index (Phi) is 26.8. The second kappa shape index (κ2) is 34.0. The van der Waals surface area contributed by atoms with Crippen LogP contribution >= 0.6 is 0 Å². The first-order valence-corrected chi connectivity index (χ1v) is 28.7. The van der Waals surface area contributed by atoms with Crippen LogP contribution in [0.2, 0.25) is 0 Å². The lowest BCUT2D eigenvalue weighted by atomic mass is 10.0. The summed E-state index contributed by atoms with van der Waals surface area (Å²) in [5.74, 6) is -7.84. The minimum atomic E-state index is -1.47. The maximum atomic E-state index is 14.8. The standard InChI is InChI=1S/C59H83N15O11/c1-3-34(2)18-23-51(77)69-49(30-50(63)76)59(85)73-47(27-35-19-21-38(75)22-20-35)57(83)74-48(29-37-32-66-42-14-7-5-12-40(37)42)58(84)71-45(17-10-26-62)56(82)70-43(15-8-24-60)54(80)67-33-52(78)68-44(16-9-25-61)55(81)72-46(53(64)79)28-36-31-65-41-13-6-4-11-39(36)41/h4-7,11-14,19-22,31-32,34,43-49,65-66,75H,3,8-10,15-18,23-30,33,60-62H2,1-2H3,(H2,63,76)(H2,64,79)(H,67,80)(H,68,78)(H,69,77)(H,70,82)(H,71,84)(H,72,81)(H,73,85)(H,74,83)/t34?,43-,44+,45+,46-,47+,48+,49+/m0/s1. The monoisotopic (exact) mass is 1180 g/mol. The van der Waals surface area contributed by atoms with Crippen LogP contribution in [-0.4, -0.2) is 143 Å². The van der Waals surface area contributed by atoms with Crippen molar-refractivity contribution in [2.24, 2.45) is 34.6 Å². The number of benzene rings is 3. The number of hydrogen-bond donors (Lipinski definition) is 16. The molecule has 5 rings (SSSR count). The van der Waals surface area contributed by atoms with Gasteiger partial charge < -0.3 is 86.3 Å². The Balaban J connectivity index is 1.34. The number of H-pyrrole nitrogens is 2. The fourth-order valence-corrected chi connectivity index (χ4v) is 9.48. The zero-order valence-corrected chi connectivity index (χ0v) is 48.1. The number of aromatic amines is 2. The molecule has 10 amide bonds. The quantitative estimate of drug-likeness (QED) is 0.0234. The molecule has 26 nitrogen and oxygen atoms in total. The summed E-state index contributed by atoms with van der Waals surface area (Å²) in [4.78, 5) is 143. The molecule has 0 saturated carbocycles. The van der Waals surface area contributed by atoms with E-state index in [0.717, 1.165) is 28.4 Å². The third-order valence-corrected chi connectivity index (χ3v) is 14.5. The lowest BCUT2D eigenvalue weighted by Crippen LogP contribution is -2.60. The summed E-state index contributed by atoms with van der Waals surface area (Å²) in [5.41, 5.74) is 32.0. The Bertz CT molecular complexity index is 3070. The molecule has 2 heterocycles. The van der Waals surface area contributed by atoms with E-state index in [-0.39, 0.29) is 89.1 Å². The van der Waals surface area contributed by atoms with Crippen LogP contribution in [0, 0.1) is 5.92 Å². The number of hydrogen-bond acceptors (Lipinski definition) is 14. The van der Waals surface area contributed by atoms with Crippen LogP contribution < -0.4 is 71.2 Å². The normalized spacial score (nSPS) is 14.0. The Morgan fingerprint density at radius 3 is 1.41 bits per heavy atom. The average molecular weight is 1180 g/mol. The molecule has 0 aliphatic rings. The fourth-order valence-electron chi connectivity index (χ4n) is 9.48. The van der Waals surface area contributed by atoms with Gasteiger partial charge in [0.25, 0.3) is 0 Å². The summed E-state index contributed by atoms with van der Waals surface area (Å²) in [6.45, 7) is 3.67. The average Bonchev–Trinajstić information content (AvgIpc) is 3.83. The van der Waals surface area contributed by atoms with Gasteiger partial charge in [-0.1, -0.05) is 68.8 Å². The molecule has 460 valence electrons. The van der Waals surface area contributed by atoms with Gasteiger partial charge in [-0.2, -0.15) is 0 Å². The van der Waals surface area contributed by atoms with E-state index in [1.807, 2.05) is 50.2 Å². The Morgan fingerprint density at radius 1 is 0.494 bits per heavy atom. The van der Waals surface area contributed by atoms with Crippen LogP contribution in [0.15, 0.2) is 85.2 Å². The van der Waals surface area contributed by atoms with Gasteiger partial charge in [0.15, 0.2) is 0 Å². The molecular formula is C59H83N15O11. The third-order valence-electron chi connectivity index (χ3n) is 14.5. The number of amides is 10. The first-order valence-electron chi connectivity index (χ1n) is 28.7. The van der Waals surface area contributed by atoms with E-state index in [4.69, 9.17) is 28.7 Å². The predicted octanol–water partition coefficient (Wildman–Crippen LogP) is -0.704. The smallest absolute Gasteiger partial charge is 0.243 e. The van der Waals surface area contributed by atoms with E-state index < -0.39 is 114 Å². The molecule has 0 spiro atoms. The number of nitrogens with one attached hydrogen (secondary N) is 10. The van der Waals surface area contributed by atoms with E-state index in [1.165, 1.54) is 24.3 Å². The van der Waals surface area contributed by atoms with E-state index in [0.29, 0.717) is 29.4 Å². The highest BCUT2D eigenvalue weighted by atomic mass is 16.3. The van der Waals surface area contributed by atoms with Gasteiger partial charge in [0.2, 0.25) is 59.1 Å². The second-order valence-corrected chi connectivity index (χ2v) is 21.2. The van der Waals surface area contributed by atoms with E-state index >= 15 is 0 Å². The molecule has 85 heavy (non-hydrogen) atoms. The highest BCUT2D eigenvalue weighted by Crippen LogP contribution is 2.22. The molecule has 0 aliphatic carbocycles. The number of phenolic OH excluding ortho intramolecular Hbond substituents is 1. The Morgan fingerprint density at radius 2 is 0.918 bits per heavy atom. The molecule has 5 aromatic rings. The molecule has 0 saturated heterocycles. The van der Waals surface area contributed by atoms with Gasteiger partial charge >= 0.3 is 0 Å². The summed E-state index contributed by atoms with van der Waals surface area (Å²) in [7, 11) is 0. The summed E-state index contributed by atoms with van der Waals surface area (Å²) in [6.07, 6.45) is 4.65. The Labute approximate surface area is 492 Å². The summed E-state index contributed by atoms with van der Waals surface area (Å²) in [6, 6.07) is 11.0. The molecule has 0 fully saturated rings. The number of phenols is 1. The van der Waals surface area contributed by atoms with Crippen LogP contribution in [0.25, 0.3) is 21.8 Å².